The SMILES string of the molecule is Cc1cc(C(=O)NCCCN2CCN(C(=O)OC(C)(C)C)CC2)c(C)n1-c1nccs1. The highest BCUT2D eigenvalue weighted by Crippen LogP contribution is 2.22. The smallest absolute Gasteiger partial charge is 0.410 e. The van der Waals surface area contributed by atoms with Gasteiger partial charge < -0.3 is 15.0 Å². The molecule has 0 unspecified atom stereocenters. The van der Waals surface area contributed by atoms with Crippen LogP contribution in [0.3, 0.4) is 0 Å². The molecule has 3 heterocycles. The fourth-order valence-electron chi connectivity index (χ4n) is 3.69. The first kappa shape index (κ1) is 23.3. The van der Waals surface area contributed by atoms with Gasteiger partial charge in [0.15, 0.2) is 5.13 Å². The molecule has 31 heavy (non-hydrogen) atoms. The molecular weight excluding hydrogens is 414 g/mol. The van der Waals surface area contributed by atoms with Crippen LogP contribution in [0.4, 0.5) is 4.79 Å². The summed E-state index contributed by atoms with van der Waals surface area (Å²) in [5.41, 5.74) is 2.13. The number of carbonyl (C=O) groups is 2. The zero-order valence-corrected chi connectivity index (χ0v) is 19.9. The predicted octanol–water partition coefficient (Wildman–Crippen LogP) is 3.22. The van der Waals surface area contributed by atoms with Crippen molar-refractivity contribution in [3.63, 3.8) is 0 Å². The van der Waals surface area contributed by atoms with Gasteiger partial charge in [0.25, 0.3) is 5.91 Å². The van der Waals surface area contributed by atoms with E-state index >= 15 is 0 Å². The molecule has 3 rings (SSSR count). The molecule has 2 aromatic rings. The first-order valence-electron chi connectivity index (χ1n) is 10.7. The van der Waals surface area contributed by atoms with Crippen LogP contribution in [0.1, 0.15) is 48.9 Å². The minimum Gasteiger partial charge on any atom is -0.444 e. The van der Waals surface area contributed by atoms with E-state index in [0.717, 1.165) is 42.6 Å². The molecule has 1 saturated heterocycles. The van der Waals surface area contributed by atoms with Crippen LogP contribution in [-0.2, 0) is 4.74 Å². The van der Waals surface area contributed by atoms with Crippen LogP contribution >= 0.6 is 11.3 Å². The number of piperazine rings is 1. The number of thiazole rings is 1. The van der Waals surface area contributed by atoms with Crippen molar-refractivity contribution in [1.82, 2.24) is 24.7 Å². The van der Waals surface area contributed by atoms with E-state index in [1.165, 1.54) is 0 Å². The van der Waals surface area contributed by atoms with Crippen molar-refractivity contribution >= 4 is 23.3 Å². The summed E-state index contributed by atoms with van der Waals surface area (Å²) in [5.74, 6) is -0.0503. The standard InChI is InChI=1S/C22H33N5O3S/c1-16-15-18(17(2)27(16)20-24-8-14-31-20)19(28)23-7-6-9-25-10-12-26(13-11-25)21(29)30-22(3,4)5/h8,14-15H,6-7,9-13H2,1-5H3,(H,23,28). The zero-order valence-electron chi connectivity index (χ0n) is 19.1. The van der Waals surface area contributed by atoms with Crippen molar-refractivity contribution in [3.8, 4) is 5.13 Å². The number of amides is 2. The Morgan fingerprint density at radius 3 is 2.52 bits per heavy atom. The predicted molar refractivity (Wildman–Crippen MR) is 122 cm³/mol. The maximum Gasteiger partial charge on any atom is 0.410 e. The monoisotopic (exact) mass is 447 g/mol. The molecule has 9 heteroatoms. The lowest BCUT2D eigenvalue weighted by atomic mass is 10.2. The molecule has 0 aliphatic carbocycles. The molecule has 0 saturated carbocycles. The second-order valence-electron chi connectivity index (χ2n) is 8.85. The van der Waals surface area contributed by atoms with E-state index in [1.54, 1.807) is 22.4 Å². The third kappa shape index (κ3) is 6.07. The number of hydrogen-bond acceptors (Lipinski definition) is 6. The van der Waals surface area contributed by atoms with Crippen molar-refractivity contribution in [2.45, 2.75) is 46.6 Å². The van der Waals surface area contributed by atoms with Gasteiger partial charge in [-0.15, -0.1) is 11.3 Å². The molecule has 1 N–H and O–H groups in total. The maximum absolute atomic E-state index is 12.7. The Kier molecular flexibility index (Phi) is 7.38. The van der Waals surface area contributed by atoms with E-state index in [9.17, 15) is 9.59 Å². The topological polar surface area (TPSA) is 79.7 Å². The largest absolute Gasteiger partial charge is 0.444 e. The second-order valence-corrected chi connectivity index (χ2v) is 9.73. The number of nitrogens with zero attached hydrogens (tertiary/aromatic N) is 4. The van der Waals surface area contributed by atoms with Crippen molar-refractivity contribution in [1.29, 1.82) is 0 Å². The normalized spacial score (nSPS) is 15.2. The number of rotatable bonds is 6. The molecule has 8 nitrogen and oxygen atoms in total. The summed E-state index contributed by atoms with van der Waals surface area (Å²) in [7, 11) is 0. The quantitative estimate of drug-likeness (QED) is 0.688. The van der Waals surface area contributed by atoms with Gasteiger partial charge in [-0.05, 0) is 53.7 Å². The van der Waals surface area contributed by atoms with Crippen LogP contribution in [0.2, 0.25) is 0 Å². The van der Waals surface area contributed by atoms with E-state index in [0.29, 0.717) is 25.2 Å². The van der Waals surface area contributed by atoms with Gasteiger partial charge in [0.2, 0.25) is 0 Å². The van der Waals surface area contributed by atoms with Crippen molar-refractivity contribution in [3.05, 3.63) is 34.6 Å². The van der Waals surface area contributed by atoms with Crippen LogP contribution in [-0.4, -0.2) is 76.2 Å². The second kappa shape index (κ2) is 9.82. The molecule has 0 aromatic carbocycles. The lowest BCUT2D eigenvalue weighted by molar-refractivity contribution is 0.0144. The summed E-state index contributed by atoms with van der Waals surface area (Å²) in [6.45, 7) is 14.1. The summed E-state index contributed by atoms with van der Waals surface area (Å²) in [5, 5.41) is 5.84. The summed E-state index contributed by atoms with van der Waals surface area (Å²) in [6.07, 6.45) is 2.39. The fraction of sp³-hybridized carbons (Fsp3) is 0.591. The molecule has 1 fully saturated rings. The molecule has 0 bridgehead atoms. The van der Waals surface area contributed by atoms with E-state index in [4.69, 9.17) is 4.74 Å². The van der Waals surface area contributed by atoms with Crippen molar-refractivity contribution in [2.75, 3.05) is 39.3 Å². The Labute approximate surface area is 188 Å². The number of ether oxygens (including phenoxy) is 1. The molecule has 170 valence electrons. The van der Waals surface area contributed by atoms with Gasteiger partial charge in [-0.1, -0.05) is 0 Å². The summed E-state index contributed by atoms with van der Waals surface area (Å²) >= 11 is 1.55. The van der Waals surface area contributed by atoms with Gasteiger partial charge in [-0.2, -0.15) is 0 Å². The van der Waals surface area contributed by atoms with Gasteiger partial charge in [0.1, 0.15) is 5.60 Å². The number of aryl methyl sites for hydroxylation is 1. The molecular formula is C22H33N5O3S. The maximum atomic E-state index is 12.7. The lowest BCUT2D eigenvalue weighted by Crippen LogP contribution is -2.50. The Bertz CT molecular complexity index is 893. The number of aromatic nitrogens is 2. The van der Waals surface area contributed by atoms with Gasteiger partial charge in [-0.25, -0.2) is 9.78 Å². The third-order valence-corrected chi connectivity index (χ3v) is 6.00. The highest BCUT2D eigenvalue weighted by atomic mass is 32.1. The first-order chi connectivity index (χ1) is 14.7. The Morgan fingerprint density at radius 2 is 1.90 bits per heavy atom. The zero-order chi connectivity index (χ0) is 22.6. The Hall–Kier alpha value is -2.39. The Morgan fingerprint density at radius 1 is 1.19 bits per heavy atom. The summed E-state index contributed by atoms with van der Waals surface area (Å²) < 4.78 is 7.46. The van der Waals surface area contributed by atoms with Gasteiger partial charge >= 0.3 is 6.09 Å². The van der Waals surface area contributed by atoms with Crippen molar-refractivity contribution in [2.24, 2.45) is 0 Å². The molecule has 0 atom stereocenters. The molecule has 1 aliphatic rings. The summed E-state index contributed by atoms with van der Waals surface area (Å²) in [4.78, 5) is 33.3. The first-order valence-corrected chi connectivity index (χ1v) is 11.6. The van der Waals surface area contributed by atoms with Crippen LogP contribution < -0.4 is 5.32 Å². The van der Waals surface area contributed by atoms with Gasteiger partial charge in [-0.3, -0.25) is 14.3 Å². The fourth-order valence-corrected chi connectivity index (χ4v) is 4.45. The molecule has 0 radical (unpaired) electrons. The minimum atomic E-state index is -0.468. The Balaban J connectivity index is 1.41. The van der Waals surface area contributed by atoms with E-state index in [-0.39, 0.29) is 12.0 Å². The van der Waals surface area contributed by atoms with Crippen LogP contribution in [0.25, 0.3) is 5.13 Å². The molecule has 2 amide bonds. The average Bonchev–Trinajstić information content (AvgIpc) is 3.32. The van der Waals surface area contributed by atoms with Crippen molar-refractivity contribution < 1.29 is 14.3 Å². The van der Waals surface area contributed by atoms with Gasteiger partial charge in [0, 0.05) is 55.7 Å². The molecule has 0 spiro atoms. The summed E-state index contributed by atoms with van der Waals surface area (Å²) in [6, 6.07) is 1.92. The molecule has 2 aromatic heterocycles. The average molecular weight is 448 g/mol. The van der Waals surface area contributed by atoms with E-state index in [1.807, 2.05) is 50.6 Å². The highest BCUT2D eigenvalue weighted by Gasteiger charge is 2.25. The van der Waals surface area contributed by atoms with Crippen LogP contribution in [0.15, 0.2) is 17.6 Å². The number of hydrogen-bond donors (Lipinski definition) is 1. The highest BCUT2D eigenvalue weighted by molar-refractivity contribution is 7.12. The van der Waals surface area contributed by atoms with E-state index < -0.39 is 5.60 Å². The van der Waals surface area contributed by atoms with Gasteiger partial charge in [0.05, 0.1) is 5.56 Å². The van der Waals surface area contributed by atoms with Crippen LogP contribution in [0, 0.1) is 13.8 Å². The number of carbonyl (C=O) groups excluding carboxylic acids is 2. The minimum absolute atomic E-state index is 0.0503. The third-order valence-electron chi connectivity index (χ3n) is 5.25. The van der Waals surface area contributed by atoms with E-state index in [2.05, 4.69) is 15.2 Å². The number of nitrogens with one attached hydrogen (secondary N) is 1. The molecule has 1 aliphatic heterocycles. The van der Waals surface area contributed by atoms with Crippen LogP contribution in [0.5, 0.6) is 0 Å². The lowest BCUT2D eigenvalue weighted by Gasteiger charge is -2.35.